The summed E-state index contributed by atoms with van der Waals surface area (Å²) >= 11 is 0. The van der Waals surface area contributed by atoms with Gasteiger partial charge in [0.2, 0.25) is 5.69 Å². The van der Waals surface area contributed by atoms with Crippen LogP contribution in [-0.4, -0.2) is 0 Å². The van der Waals surface area contributed by atoms with Crippen LogP contribution in [-0.2, 0) is 6.42 Å². The van der Waals surface area contributed by atoms with Crippen LogP contribution in [0.1, 0.15) is 11.3 Å². The van der Waals surface area contributed by atoms with Gasteiger partial charge in [-0.25, -0.2) is 18.6 Å². The molecule has 0 saturated heterocycles. The number of hydrogen-bond donors (Lipinski definition) is 0. The van der Waals surface area contributed by atoms with Crippen molar-refractivity contribution in [3.63, 3.8) is 0 Å². The molecule has 0 atom stereocenters. The summed E-state index contributed by atoms with van der Waals surface area (Å²) in [7, 11) is -4.94. The second-order valence-electron chi connectivity index (χ2n) is 3.75. The van der Waals surface area contributed by atoms with E-state index in [-0.39, 0.29) is 0 Å². The van der Waals surface area contributed by atoms with Gasteiger partial charge in [0.15, 0.2) is 11.9 Å². The van der Waals surface area contributed by atoms with Crippen LogP contribution in [0.15, 0.2) is 48.7 Å². The Morgan fingerprint density at radius 1 is 0.889 bits per heavy atom. The SMILES string of the molecule is [O-][Cl+3]([O-])([O-])[O-].c1ccc2c(c1)Cc1cccc[n+]1-2. The highest BCUT2D eigenvalue weighted by Gasteiger charge is 2.24. The molecule has 6 heteroatoms. The third-order valence-corrected chi connectivity index (χ3v) is 2.57. The standard InChI is InChI=1S/C12H10N.ClHO4/c1-2-7-12-10(5-1)9-11-6-3-4-8-13(11)12;2-1(3,4)5/h1-8H,9H2;(H,2,3,4,5)/q+1;/p-1. The van der Waals surface area contributed by atoms with Gasteiger partial charge in [0.25, 0.3) is 0 Å². The molecule has 1 aliphatic rings. The molecular weight excluding hydrogens is 258 g/mol. The lowest BCUT2D eigenvalue weighted by atomic mass is 10.1. The molecule has 1 aromatic carbocycles. The Hall–Kier alpha value is -1.50. The van der Waals surface area contributed by atoms with Gasteiger partial charge in [0.05, 0.1) is 6.42 Å². The maximum atomic E-state index is 8.49. The number of halogens is 1. The summed E-state index contributed by atoms with van der Waals surface area (Å²) in [6.45, 7) is 0. The first-order valence-electron chi connectivity index (χ1n) is 5.15. The number of nitrogens with zero attached hydrogens (tertiary/aromatic N) is 1. The van der Waals surface area contributed by atoms with Crippen LogP contribution in [0.4, 0.5) is 0 Å². The minimum absolute atomic E-state index is 1.07. The molecule has 0 amide bonds. The van der Waals surface area contributed by atoms with E-state index < -0.39 is 10.2 Å². The molecule has 2 aromatic rings. The van der Waals surface area contributed by atoms with Gasteiger partial charge < -0.3 is 0 Å². The predicted molar refractivity (Wildman–Crippen MR) is 50.8 cm³/mol. The summed E-state index contributed by atoms with van der Waals surface area (Å²) in [4.78, 5) is 0. The summed E-state index contributed by atoms with van der Waals surface area (Å²) in [6, 6.07) is 14.9. The van der Waals surface area contributed by atoms with Crippen LogP contribution in [0, 0.1) is 10.2 Å². The summed E-state index contributed by atoms with van der Waals surface area (Å²) in [5, 5.41) is 0. The zero-order valence-electron chi connectivity index (χ0n) is 9.28. The number of hydrogen-bond acceptors (Lipinski definition) is 4. The first-order valence-corrected chi connectivity index (χ1v) is 6.38. The lowest BCUT2D eigenvalue weighted by Crippen LogP contribution is -2.68. The molecular formula is C12H10ClNO4. The van der Waals surface area contributed by atoms with Crippen molar-refractivity contribution in [2.45, 2.75) is 6.42 Å². The maximum absolute atomic E-state index is 8.49. The molecule has 2 heterocycles. The molecule has 0 N–H and O–H groups in total. The maximum Gasteiger partial charge on any atom is 0.214 e. The molecule has 0 saturated carbocycles. The highest BCUT2D eigenvalue weighted by Crippen LogP contribution is 2.18. The Balaban J connectivity index is 0.000000209. The number of para-hydroxylation sites is 1. The minimum atomic E-state index is -4.94. The van der Waals surface area contributed by atoms with Crippen molar-refractivity contribution in [2.24, 2.45) is 0 Å². The second-order valence-corrected chi connectivity index (χ2v) is 4.50. The first-order chi connectivity index (χ1) is 8.45. The van der Waals surface area contributed by atoms with Crippen LogP contribution in [0.5, 0.6) is 0 Å². The smallest absolute Gasteiger partial charge is 0.214 e. The van der Waals surface area contributed by atoms with E-state index in [0.717, 1.165) is 6.42 Å². The lowest BCUT2D eigenvalue weighted by Gasteiger charge is -2.17. The Kier molecular flexibility index (Phi) is 3.60. The van der Waals surface area contributed by atoms with Gasteiger partial charge >= 0.3 is 0 Å². The molecule has 3 rings (SSSR count). The normalized spacial score (nSPS) is 12.2. The van der Waals surface area contributed by atoms with Crippen molar-refractivity contribution in [3.05, 3.63) is 59.9 Å². The van der Waals surface area contributed by atoms with Crippen LogP contribution in [0.2, 0.25) is 0 Å². The first kappa shape index (κ1) is 12.9. The minimum Gasteiger partial charge on any atom is -0.222 e. The van der Waals surface area contributed by atoms with Gasteiger partial charge in [0, 0.05) is 23.8 Å². The zero-order chi connectivity index (χ0) is 13.2. The van der Waals surface area contributed by atoms with E-state index >= 15 is 0 Å². The fourth-order valence-corrected chi connectivity index (χ4v) is 1.95. The van der Waals surface area contributed by atoms with Crippen LogP contribution < -0.4 is 23.2 Å². The van der Waals surface area contributed by atoms with E-state index in [4.69, 9.17) is 18.6 Å². The average Bonchev–Trinajstić information content (AvgIpc) is 2.65. The van der Waals surface area contributed by atoms with Crippen LogP contribution >= 0.6 is 0 Å². The molecule has 0 spiro atoms. The summed E-state index contributed by atoms with van der Waals surface area (Å²) < 4.78 is 36.2. The lowest BCUT2D eigenvalue weighted by molar-refractivity contribution is -2.00. The van der Waals surface area contributed by atoms with Crippen LogP contribution in [0.25, 0.3) is 5.69 Å². The third-order valence-electron chi connectivity index (χ3n) is 2.57. The predicted octanol–water partition coefficient (Wildman–Crippen LogP) is -2.89. The van der Waals surface area contributed by atoms with E-state index in [1.807, 2.05) is 0 Å². The molecule has 0 aliphatic carbocycles. The quantitative estimate of drug-likeness (QED) is 0.409. The monoisotopic (exact) mass is 267 g/mol. The van der Waals surface area contributed by atoms with Crippen molar-refractivity contribution in [2.75, 3.05) is 0 Å². The zero-order valence-corrected chi connectivity index (χ0v) is 10.0. The third kappa shape index (κ3) is 3.25. The fourth-order valence-electron chi connectivity index (χ4n) is 1.95. The summed E-state index contributed by atoms with van der Waals surface area (Å²) in [6.07, 6.45) is 3.19. The van der Waals surface area contributed by atoms with Crippen molar-refractivity contribution in [1.82, 2.24) is 0 Å². The van der Waals surface area contributed by atoms with E-state index in [9.17, 15) is 0 Å². The average molecular weight is 268 g/mol. The number of aromatic nitrogens is 1. The van der Waals surface area contributed by atoms with E-state index in [2.05, 4.69) is 53.2 Å². The van der Waals surface area contributed by atoms with Crippen molar-refractivity contribution in [1.29, 1.82) is 0 Å². The van der Waals surface area contributed by atoms with Crippen LogP contribution in [0.3, 0.4) is 0 Å². The molecule has 18 heavy (non-hydrogen) atoms. The molecule has 1 aromatic heterocycles. The topological polar surface area (TPSA) is 96.1 Å². The molecule has 0 fully saturated rings. The van der Waals surface area contributed by atoms with Gasteiger partial charge in [-0.2, -0.15) is 4.57 Å². The molecule has 1 aliphatic heterocycles. The second kappa shape index (κ2) is 5.01. The number of fused-ring (bicyclic) bond motifs is 3. The Bertz CT molecular complexity index is 504. The largest absolute Gasteiger partial charge is 0.222 e. The van der Waals surface area contributed by atoms with Gasteiger partial charge in [0.1, 0.15) is 0 Å². The van der Waals surface area contributed by atoms with E-state index in [1.54, 1.807) is 0 Å². The molecule has 0 bridgehead atoms. The highest BCUT2D eigenvalue weighted by atomic mass is 35.7. The van der Waals surface area contributed by atoms with Gasteiger partial charge in [-0.1, -0.05) is 24.3 Å². The summed E-state index contributed by atoms with van der Waals surface area (Å²) in [5.41, 5.74) is 4.13. The fraction of sp³-hybridized carbons (Fsp3) is 0.0833. The molecule has 0 unspecified atom stereocenters. The van der Waals surface area contributed by atoms with Gasteiger partial charge in [-0.3, -0.25) is 0 Å². The summed E-state index contributed by atoms with van der Waals surface area (Å²) in [5.74, 6) is 0. The highest BCUT2D eigenvalue weighted by molar-refractivity contribution is 5.39. The number of pyridine rings is 1. The number of rotatable bonds is 0. The van der Waals surface area contributed by atoms with Crippen molar-refractivity contribution < 1.29 is 33.4 Å². The Morgan fingerprint density at radius 3 is 2.22 bits per heavy atom. The molecule has 94 valence electrons. The van der Waals surface area contributed by atoms with E-state index in [0.29, 0.717) is 0 Å². The number of benzene rings is 1. The van der Waals surface area contributed by atoms with Crippen molar-refractivity contribution >= 4 is 0 Å². The molecule has 0 radical (unpaired) electrons. The van der Waals surface area contributed by atoms with Crippen molar-refractivity contribution in [3.8, 4) is 5.69 Å². The van der Waals surface area contributed by atoms with Gasteiger partial charge in [-0.15, -0.1) is 10.2 Å². The van der Waals surface area contributed by atoms with E-state index in [1.165, 1.54) is 16.9 Å². The Morgan fingerprint density at radius 2 is 1.50 bits per heavy atom. The molecule has 5 nitrogen and oxygen atoms in total. The Labute approximate surface area is 106 Å². The van der Waals surface area contributed by atoms with Gasteiger partial charge in [-0.05, 0) is 0 Å².